The van der Waals surface area contributed by atoms with Crippen molar-refractivity contribution in [3.05, 3.63) is 95.2 Å². The van der Waals surface area contributed by atoms with Crippen LogP contribution in [0.1, 0.15) is 24.8 Å². The molecule has 2 atom stereocenters. The Morgan fingerprint density at radius 3 is 2.49 bits per heavy atom. The summed E-state index contributed by atoms with van der Waals surface area (Å²) in [7, 11) is 1.64. The second-order valence-corrected chi connectivity index (χ2v) is 10.2. The third-order valence-corrected chi connectivity index (χ3v) is 7.29. The minimum atomic E-state index is -4.96. The second-order valence-electron chi connectivity index (χ2n) is 10.2. The number of halogens is 3. The van der Waals surface area contributed by atoms with E-state index in [0.29, 0.717) is 18.1 Å². The number of rotatable bonds is 9. The molecule has 1 fully saturated rings. The fourth-order valence-electron chi connectivity index (χ4n) is 5.26. The van der Waals surface area contributed by atoms with Gasteiger partial charge in [0.05, 0.1) is 25.5 Å². The Morgan fingerprint density at radius 1 is 0.977 bits per heavy atom. The number of ether oxygens (including phenoxy) is 2. The van der Waals surface area contributed by atoms with Gasteiger partial charge in [0.1, 0.15) is 17.1 Å². The molecule has 13 heteroatoms. The fourth-order valence-corrected chi connectivity index (χ4v) is 5.26. The van der Waals surface area contributed by atoms with E-state index < -0.39 is 17.7 Å². The van der Waals surface area contributed by atoms with E-state index in [1.54, 1.807) is 25.4 Å². The highest BCUT2D eigenvalue weighted by molar-refractivity contribution is 5.74. The molecule has 0 spiro atoms. The SMILES string of the molecule is COc1ccc(Cn2c(N[C@H]3CC[C@H](Nc4ccc(-n5cccc(OC(F)(F)F)c5=O)cn4)C3)nc3cccnc32)cc1. The Labute approximate surface area is 244 Å². The van der Waals surface area contributed by atoms with Gasteiger partial charge in [-0.3, -0.25) is 13.9 Å². The lowest BCUT2D eigenvalue weighted by Gasteiger charge is -2.17. The second kappa shape index (κ2) is 11.7. The third kappa shape index (κ3) is 6.40. The zero-order valence-electron chi connectivity index (χ0n) is 23.1. The van der Waals surface area contributed by atoms with Gasteiger partial charge >= 0.3 is 6.36 Å². The van der Waals surface area contributed by atoms with Gasteiger partial charge in [-0.25, -0.2) is 15.0 Å². The van der Waals surface area contributed by atoms with E-state index in [9.17, 15) is 18.0 Å². The number of alkyl halides is 3. The Balaban J connectivity index is 1.12. The third-order valence-electron chi connectivity index (χ3n) is 7.29. The maximum absolute atomic E-state index is 12.6. The number of hydrogen-bond donors (Lipinski definition) is 2. The molecular weight excluding hydrogens is 563 g/mol. The van der Waals surface area contributed by atoms with Gasteiger partial charge in [0, 0.05) is 24.5 Å². The van der Waals surface area contributed by atoms with Crippen molar-refractivity contribution in [3.8, 4) is 17.2 Å². The molecule has 1 aliphatic rings. The van der Waals surface area contributed by atoms with E-state index in [2.05, 4.69) is 29.9 Å². The van der Waals surface area contributed by atoms with Crippen LogP contribution in [0.3, 0.4) is 0 Å². The first-order valence-corrected chi connectivity index (χ1v) is 13.7. The standard InChI is InChI=1S/C30H28F3N7O3/c1-42-23-11-6-19(7-12-23)18-40-27-24(4-2-14-34-27)38-29(40)37-21-9-8-20(16-21)36-26-13-10-22(17-35-26)39-15-3-5-25(28(39)41)43-30(31,32)33/h2-7,10-15,17,20-21H,8-9,16,18H2,1H3,(H,35,36)(H,37,38)/t20-,21-/m0/s1. The van der Waals surface area contributed by atoms with Gasteiger partial charge in [-0.15, -0.1) is 13.2 Å². The van der Waals surface area contributed by atoms with Crippen molar-refractivity contribution in [2.24, 2.45) is 0 Å². The van der Waals surface area contributed by atoms with E-state index in [0.717, 1.165) is 58.3 Å². The van der Waals surface area contributed by atoms with E-state index in [1.807, 2.05) is 36.4 Å². The minimum absolute atomic E-state index is 0.139. The topological polar surface area (TPSA) is 108 Å². The maximum atomic E-state index is 12.6. The molecule has 1 aliphatic carbocycles. The first kappa shape index (κ1) is 28.1. The molecule has 0 unspecified atom stereocenters. The Kier molecular flexibility index (Phi) is 7.61. The van der Waals surface area contributed by atoms with Crippen LogP contribution in [0.5, 0.6) is 11.5 Å². The molecule has 4 heterocycles. The van der Waals surface area contributed by atoms with Gasteiger partial charge in [-0.2, -0.15) is 0 Å². The molecule has 0 radical (unpaired) electrons. The first-order chi connectivity index (χ1) is 20.8. The minimum Gasteiger partial charge on any atom is -0.497 e. The van der Waals surface area contributed by atoms with Crippen LogP contribution in [0.2, 0.25) is 0 Å². The van der Waals surface area contributed by atoms with Crippen LogP contribution >= 0.6 is 0 Å². The zero-order valence-corrected chi connectivity index (χ0v) is 23.1. The van der Waals surface area contributed by atoms with Gasteiger partial charge in [-0.05, 0) is 73.4 Å². The number of nitrogens with one attached hydrogen (secondary N) is 2. The van der Waals surface area contributed by atoms with Crippen LogP contribution in [-0.2, 0) is 6.54 Å². The lowest BCUT2D eigenvalue weighted by atomic mass is 10.2. The quantitative estimate of drug-likeness (QED) is 0.235. The molecule has 222 valence electrons. The molecule has 0 saturated heterocycles. The summed E-state index contributed by atoms with van der Waals surface area (Å²) in [6.45, 7) is 0.596. The summed E-state index contributed by atoms with van der Waals surface area (Å²) in [5, 5.41) is 7.03. The number of imidazole rings is 1. The largest absolute Gasteiger partial charge is 0.573 e. The molecule has 10 nitrogen and oxygen atoms in total. The van der Waals surface area contributed by atoms with Crippen molar-refractivity contribution in [3.63, 3.8) is 0 Å². The Morgan fingerprint density at radius 2 is 1.77 bits per heavy atom. The molecule has 0 bridgehead atoms. The fraction of sp³-hybridized carbons (Fsp3) is 0.267. The number of nitrogens with zero attached hydrogens (tertiary/aromatic N) is 5. The smallest absolute Gasteiger partial charge is 0.497 e. The van der Waals surface area contributed by atoms with Gasteiger partial charge in [-0.1, -0.05) is 12.1 Å². The van der Waals surface area contributed by atoms with Gasteiger partial charge in [0.15, 0.2) is 11.4 Å². The van der Waals surface area contributed by atoms with Crippen molar-refractivity contribution in [1.29, 1.82) is 0 Å². The van der Waals surface area contributed by atoms with Gasteiger partial charge < -0.3 is 20.1 Å². The van der Waals surface area contributed by atoms with Gasteiger partial charge in [0.25, 0.3) is 5.56 Å². The van der Waals surface area contributed by atoms with Crippen molar-refractivity contribution in [1.82, 2.24) is 24.1 Å². The number of pyridine rings is 3. The first-order valence-electron chi connectivity index (χ1n) is 13.7. The lowest BCUT2D eigenvalue weighted by molar-refractivity contribution is -0.275. The summed E-state index contributed by atoms with van der Waals surface area (Å²) in [5.41, 5.74) is 2.09. The van der Waals surface area contributed by atoms with Crippen LogP contribution < -0.4 is 25.7 Å². The molecule has 0 amide bonds. The average Bonchev–Trinajstić information content (AvgIpc) is 3.58. The van der Waals surface area contributed by atoms with E-state index in [4.69, 9.17) is 9.72 Å². The highest BCUT2D eigenvalue weighted by Gasteiger charge is 2.32. The highest BCUT2D eigenvalue weighted by Crippen LogP contribution is 2.28. The maximum Gasteiger partial charge on any atom is 0.573 e. The number of fused-ring (bicyclic) bond motifs is 1. The van der Waals surface area contributed by atoms with Crippen molar-refractivity contribution < 1.29 is 22.6 Å². The summed E-state index contributed by atoms with van der Waals surface area (Å²) in [5.74, 6) is 1.33. The van der Waals surface area contributed by atoms with Crippen LogP contribution in [0.4, 0.5) is 24.9 Å². The average molecular weight is 592 g/mol. The van der Waals surface area contributed by atoms with E-state index in [-0.39, 0.29) is 12.1 Å². The molecule has 43 heavy (non-hydrogen) atoms. The molecule has 5 aromatic rings. The molecule has 1 saturated carbocycles. The molecule has 0 aliphatic heterocycles. The number of hydrogen-bond acceptors (Lipinski definition) is 8. The van der Waals surface area contributed by atoms with Crippen LogP contribution in [0.15, 0.2) is 84.0 Å². The predicted octanol–water partition coefficient (Wildman–Crippen LogP) is 5.38. The summed E-state index contributed by atoms with van der Waals surface area (Å²) in [4.78, 5) is 26.3. The molecular formula is C30H28F3N7O3. The Bertz CT molecular complexity index is 1770. The van der Waals surface area contributed by atoms with E-state index >= 15 is 0 Å². The van der Waals surface area contributed by atoms with Gasteiger partial charge in [0.2, 0.25) is 5.95 Å². The lowest BCUT2D eigenvalue weighted by Crippen LogP contribution is -2.26. The Hall–Kier alpha value is -5.07. The summed E-state index contributed by atoms with van der Waals surface area (Å²) >= 11 is 0. The normalized spacial score (nSPS) is 16.7. The molecule has 1 aromatic carbocycles. The molecule has 6 rings (SSSR count). The summed E-state index contributed by atoms with van der Waals surface area (Å²) in [6, 6.07) is 17.6. The van der Waals surface area contributed by atoms with Crippen molar-refractivity contribution in [2.45, 2.75) is 44.3 Å². The highest BCUT2D eigenvalue weighted by atomic mass is 19.4. The summed E-state index contributed by atoms with van der Waals surface area (Å²) < 4.78 is 50.1. The number of aromatic nitrogens is 5. The van der Waals surface area contributed by atoms with Crippen LogP contribution in [0.25, 0.3) is 16.9 Å². The number of methoxy groups -OCH3 is 1. The number of benzene rings is 1. The molecule has 2 N–H and O–H groups in total. The summed E-state index contributed by atoms with van der Waals surface area (Å²) in [6.07, 6.45) is 2.22. The van der Waals surface area contributed by atoms with Crippen LogP contribution in [0, 0.1) is 0 Å². The van der Waals surface area contributed by atoms with Crippen molar-refractivity contribution >= 4 is 22.9 Å². The van der Waals surface area contributed by atoms with Crippen LogP contribution in [-0.4, -0.2) is 49.6 Å². The van der Waals surface area contributed by atoms with E-state index in [1.165, 1.54) is 18.5 Å². The predicted molar refractivity (Wildman–Crippen MR) is 155 cm³/mol. The molecule has 4 aromatic heterocycles. The van der Waals surface area contributed by atoms with Crippen molar-refractivity contribution in [2.75, 3.05) is 17.7 Å². The number of anilines is 2. The zero-order chi connectivity index (χ0) is 30.0. The monoisotopic (exact) mass is 591 g/mol.